The van der Waals surface area contributed by atoms with Crippen molar-refractivity contribution in [3.8, 4) is 0 Å². The highest BCUT2D eigenvalue weighted by atomic mass is 16.7. The van der Waals surface area contributed by atoms with Crippen LogP contribution in [0.2, 0.25) is 0 Å². The van der Waals surface area contributed by atoms with E-state index in [4.69, 9.17) is 24.6 Å². The van der Waals surface area contributed by atoms with Crippen LogP contribution >= 0.6 is 0 Å². The van der Waals surface area contributed by atoms with Gasteiger partial charge in [0.15, 0.2) is 0 Å². The molecule has 1 N–H and O–H groups in total. The summed E-state index contributed by atoms with van der Waals surface area (Å²) < 4.78 is 0. The van der Waals surface area contributed by atoms with Crippen molar-refractivity contribution < 1.29 is 9.68 Å². The highest BCUT2D eigenvalue weighted by molar-refractivity contribution is 5.40. The number of aryl methyl sites for hydroxylation is 1. The summed E-state index contributed by atoms with van der Waals surface area (Å²) in [4.78, 5) is 34.2. The first-order valence-corrected chi connectivity index (χ1v) is 21.8. The van der Waals surface area contributed by atoms with Crippen molar-refractivity contribution in [2.45, 2.75) is 245 Å². The van der Waals surface area contributed by atoms with E-state index >= 15 is 0 Å². The second kappa shape index (κ2) is 16.3. The Morgan fingerprint density at radius 2 is 1.07 bits per heavy atom. The summed E-state index contributed by atoms with van der Waals surface area (Å²) in [5, 5.41) is 8.49. The van der Waals surface area contributed by atoms with Crippen LogP contribution in [-0.4, -0.2) is 95.7 Å². The summed E-state index contributed by atoms with van der Waals surface area (Å²) in [5.74, 6) is 2.17. The number of hydrogen-bond acceptors (Lipinski definition) is 10. The number of hydrogen-bond donors (Lipinski definition) is 1. The molecule has 4 fully saturated rings. The van der Waals surface area contributed by atoms with Gasteiger partial charge in [-0.3, -0.25) is 14.6 Å². The van der Waals surface area contributed by atoms with Crippen molar-refractivity contribution in [3.05, 3.63) is 5.82 Å². The highest BCUT2D eigenvalue weighted by Gasteiger charge is 2.51. The first kappa shape index (κ1) is 43.5. The van der Waals surface area contributed by atoms with E-state index in [0.29, 0.717) is 24.2 Å². The minimum absolute atomic E-state index is 0.103. The molecular formula is C44H82N8O2. The van der Waals surface area contributed by atoms with E-state index in [1.807, 2.05) is 6.92 Å². The molecule has 310 valence electrons. The molecule has 3 heterocycles. The Hall–Kier alpha value is -1.59. The molecule has 54 heavy (non-hydrogen) atoms. The van der Waals surface area contributed by atoms with E-state index in [2.05, 4.69) is 122 Å². The fraction of sp³-hybridized carbons (Fsp3) is 0.932. The molecule has 2 saturated carbocycles. The molecule has 0 atom stereocenters. The molecule has 0 radical (unpaired) electrons. The van der Waals surface area contributed by atoms with Crippen molar-refractivity contribution in [1.82, 2.24) is 30.0 Å². The molecule has 10 nitrogen and oxygen atoms in total. The zero-order valence-electron chi connectivity index (χ0n) is 37.6. The summed E-state index contributed by atoms with van der Waals surface area (Å²) >= 11 is 0. The van der Waals surface area contributed by atoms with Crippen LogP contribution in [0.4, 0.5) is 11.9 Å². The summed E-state index contributed by atoms with van der Waals surface area (Å²) in [7, 11) is 2.32. The van der Waals surface area contributed by atoms with Gasteiger partial charge >= 0.3 is 0 Å². The fourth-order valence-electron chi connectivity index (χ4n) is 11.2. The van der Waals surface area contributed by atoms with Gasteiger partial charge in [-0.25, -0.2) is 0 Å². The molecule has 2 aliphatic heterocycles. The molecule has 2 aliphatic carbocycles. The number of rotatable bonds is 12. The standard InChI is InChI=1S/C44H82N8O2/c1-32-45-37(48-40(5,6)30-39(2,3)4)47-38(46-32)50(34-28-43(11,12)52(44(13,14)29-34)54-36-24-20-17-21-25-36)31-49(15)33-26-41(7,8)51(42(9,10)27-33)53-35-22-18-16-19-23-35/h33-36H,16-31H2,1-15H3,(H,45,46,47,48). The van der Waals surface area contributed by atoms with Gasteiger partial charge in [-0.15, -0.1) is 0 Å². The zero-order valence-corrected chi connectivity index (χ0v) is 37.6. The second-order valence-electron chi connectivity index (χ2n) is 22.3. The Labute approximate surface area is 331 Å². The lowest BCUT2D eigenvalue weighted by atomic mass is 9.77. The summed E-state index contributed by atoms with van der Waals surface area (Å²) in [6.07, 6.45) is 18.0. The lowest BCUT2D eigenvalue weighted by Gasteiger charge is -2.58. The van der Waals surface area contributed by atoms with Crippen molar-refractivity contribution >= 4 is 11.9 Å². The zero-order chi connectivity index (χ0) is 39.9. The largest absolute Gasteiger partial charge is 0.349 e. The van der Waals surface area contributed by atoms with Gasteiger partial charge in [0.2, 0.25) is 11.9 Å². The minimum atomic E-state index is -0.179. The highest BCUT2D eigenvalue weighted by Crippen LogP contribution is 2.45. The van der Waals surface area contributed by atoms with E-state index < -0.39 is 0 Å². The quantitative estimate of drug-likeness (QED) is 0.208. The summed E-state index contributed by atoms with van der Waals surface area (Å²) in [5.41, 5.74) is -0.571. The number of nitrogens with zero attached hydrogens (tertiary/aromatic N) is 7. The van der Waals surface area contributed by atoms with Crippen molar-refractivity contribution in [2.75, 3.05) is 23.9 Å². The minimum Gasteiger partial charge on any atom is -0.349 e. The molecular weight excluding hydrogens is 673 g/mol. The van der Waals surface area contributed by atoms with Gasteiger partial charge in [-0.05, 0) is 146 Å². The number of piperidine rings is 2. The number of hydroxylamine groups is 4. The van der Waals surface area contributed by atoms with Crippen LogP contribution in [0.3, 0.4) is 0 Å². The Balaban J connectivity index is 1.44. The lowest BCUT2D eigenvalue weighted by molar-refractivity contribution is -0.314. The van der Waals surface area contributed by atoms with Crippen molar-refractivity contribution in [1.29, 1.82) is 0 Å². The van der Waals surface area contributed by atoms with Crippen LogP contribution in [0.15, 0.2) is 0 Å². The van der Waals surface area contributed by atoms with Crippen LogP contribution in [-0.2, 0) is 9.68 Å². The molecule has 4 aliphatic rings. The van der Waals surface area contributed by atoms with Crippen LogP contribution < -0.4 is 10.2 Å². The number of anilines is 2. The molecule has 2 saturated heterocycles. The van der Waals surface area contributed by atoms with Gasteiger partial charge in [0, 0.05) is 39.8 Å². The van der Waals surface area contributed by atoms with Gasteiger partial charge in [0.1, 0.15) is 5.82 Å². The van der Waals surface area contributed by atoms with E-state index in [-0.39, 0.29) is 39.2 Å². The van der Waals surface area contributed by atoms with Crippen molar-refractivity contribution in [3.63, 3.8) is 0 Å². The maximum atomic E-state index is 6.95. The smallest absolute Gasteiger partial charge is 0.231 e. The molecule has 10 heteroatoms. The molecule has 0 bridgehead atoms. The monoisotopic (exact) mass is 755 g/mol. The molecule has 0 aromatic carbocycles. The van der Waals surface area contributed by atoms with Gasteiger partial charge in [0.25, 0.3) is 0 Å². The Bertz CT molecular complexity index is 1340. The summed E-state index contributed by atoms with van der Waals surface area (Å²) in [6.45, 7) is 33.2. The first-order chi connectivity index (χ1) is 24.9. The topological polar surface area (TPSA) is 82.1 Å². The third-order valence-electron chi connectivity index (χ3n) is 12.6. The maximum absolute atomic E-state index is 6.95. The molecule has 1 aromatic rings. The third kappa shape index (κ3) is 11.1. The van der Waals surface area contributed by atoms with Gasteiger partial charge < -0.3 is 10.2 Å². The molecule has 0 amide bonds. The normalized spacial score (nSPS) is 25.3. The second-order valence-corrected chi connectivity index (χ2v) is 22.3. The van der Waals surface area contributed by atoms with Gasteiger partial charge in [-0.1, -0.05) is 59.3 Å². The van der Waals surface area contributed by atoms with Crippen molar-refractivity contribution in [2.24, 2.45) is 5.41 Å². The SMILES string of the molecule is Cc1nc(NC(C)(C)CC(C)(C)C)nc(N(CN(C)C2CC(C)(C)N(OC3CCCCC3)C(C)(C)C2)C2CC(C)(C)N(OC3CCCCC3)C(C)(C)C2)n1. The summed E-state index contributed by atoms with van der Waals surface area (Å²) in [6, 6.07) is 0.572. The first-order valence-electron chi connectivity index (χ1n) is 21.8. The van der Waals surface area contributed by atoms with Crippen LogP contribution in [0.5, 0.6) is 0 Å². The average molecular weight is 755 g/mol. The predicted molar refractivity (Wildman–Crippen MR) is 223 cm³/mol. The third-order valence-corrected chi connectivity index (χ3v) is 12.6. The lowest BCUT2D eigenvalue weighted by Crippen LogP contribution is -2.67. The fourth-order valence-corrected chi connectivity index (χ4v) is 11.2. The van der Waals surface area contributed by atoms with Crippen LogP contribution in [0, 0.1) is 12.3 Å². The Morgan fingerprint density at radius 3 is 1.50 bits per heavy atom. The molecule has 0 spiro atoms. The molecule has 5 rings (SSSR count). The van der Waals surface area contributed by atoms with Gasteiger partial charge in [0.05, 0.1) is 18.9 Å². The van der Waals surface area contributed by atoms with Gasteiger partial charge in [-0.2, -0.15) is 25.1 Å². The van der Waals surface area contributed by atoms with Crippen LogP contribution in [0.25, 0.3) is 0 Å². The number of aromatic nitrogens is 3. The van der Waals surface area contributed by atoms with Crippen LogP contribution in [0.1, 0.15) is 192 Å². The predicted octanol–water partition coefficient (Wildman–Crippen LogP) is 10.1. The molecule has 1 aromatic heterocycles. The van der Waals surface area contributed by atoms with E-state index in [9.17, 15) is 0 Å². The number of nitrogens with one attached hydrogen (secondary N) is 1. The maximum Gasteiger partial charge on any atom is 0.231 e. The Morgan fingerprint density at radius 1 is 0.648 bits per heavy atom. The average Bonchev–Trinajstić information content (AvgIpc) is 3.01. The Kier molecular flexibility index (Phi) is 13.2. The van der Waals surface area contributed by atoms with E-state index in [1.165, 1.54) is 51.4 Å². The molecule has 0 unspecified atom stereocenters. The van der Waals surface area contributed by atoms with E-state index in [1.54, 1.807) is 0 Å². The van der Waals surface area contributed by atoms with E-state index in [0.717, 1.165) is 63.4 Å².